The lowest BCUT2D eigenvalue weighted by Crippen LogP contribution is -2.40. The summed E-state index contributed by atoms with van der Waals surface area (Å²) in [6, 6.07) is -0.398. The van der Waals surface area contributed by atoms with Crippen LogP contribution in [-0.4, -0.2) is 31.4 Å². The topological polar surface area (TPSA) is 91.0 Å². The predicted octanol–water partition coefficient (Wildman–Crippen LogP) is 0.453. The maximum atomic E-state index is 11.7. The molecule has 5 nitrogen and oxygen atoms in total. The average Bonchev–Trinajstić information content (AvgIpc) is 2.21. The van der Waals surface area contributed by atoms with E-state index in [-0.39, 0.29) is 17.2 Å². The quantitative estimate of drug-likeness (QED) is 0.312. The van der Waals surface area contributed by atoms with E-state index in [9.17, 15) is 4.79 Å². The molecule has 0 spiro atoms. The summed E-state index contributed by atoms with van der Waals surface area (Å²) in [5.74, 6) is 0.381. The molecule has 5 heteroatoms. The van der Waals surface area contributed by atoms with Gasteiger partial charge in [0.25, 0.3) is 0 Å². The van der Waals surface area contributed by atoms with Gasteiger partial charge in [0.05, 0.1) is 6.04 Å². The SMILES string of the molecule is CNC(=N)NCCCC(N)C(=O)C(C)(C)C. The van der Waals surface area contributed by atoms with Crippen LogP contribution in [0, 0.1) is 10.8 Å². The summed E-state index contributed by atoms with van der Waals surface area (Å²) in [5.41, 5.74) is 5.44. The number of hydrogen-bond acceptors (Lipinski definition) is 3. The fourth-order valence-corrected chi connectivity index (χ4v) is 1.31. The van der Waals surface area contributed by atoms with Crippen LogP contribution in [0.5, 0.6) is 0 Å². The van der Waals surface area contributed by atoms with Crippen LogP contribution < -0.4 is 16.4 Å². The summed E-state index contributed by atoms with van der Waals surface area (Å²) < 4.78 is 0. The van der Waals surface area contributed by atoms with Crippen molar-refractivity contribution < 1.29 is 4.79 Å². The van der Waals surface area contributed by atoms with Gasteiger partial charge in [0.2, 0.25) is 0 Å². The largest absolute Gasteiger partial charge is 0.360 e. The summed E-state index contributed by atoms with van der Waals surface area (Å²) in [6.07, 6.45) is 1.44. The van der Waals surface area contributed by atoms with Crippen LogP contribution in [0.1, 0.15) is 33.6 Å². The number of nitrogens with one attached hydrogen (secondary N) is 3. The highest BCUT2D eigenvalue weighted by Gasteiger charge is 2.26. The molecule has 0 saturated heterocycles. The molecule has 0 fully saturated rings. The maximum absolute atomic E-state index is 11.7. The number of Topliss-reactive ketones (excluding diaryl/α,β-unsaturated/α-hetero) is 1. The Bertz CT molecular complexity index is 245. The van der Waals surface area contributed by atoms with E-state index >= 15 is 0 Å². The lowest BCUT2D eigenvalue weighted by molar-refractivity contribution is -0.127. The Hall–Kier alpha value is -1.10. The molecular formula is C11H24N4O. The predicted molar refractivity (Wildman–Crippen MR) is 66.5 cm³/mol. The maximum Gasteiger partial charge on any atom is 0.188 e. The Kier molecular flexibility index (Phi) is 6.03. The molecule has 1 unspecified atom stereocenters. The number of nitrogens with two attached hydrogens (primary N) is 1. The molecule has 16 heavy (non-hydrogen) atoms. The van der Waals surface area contributed by atoms with Crippen LogP contribution in [0.3, 0.4) is 0 Å². The lowest BCUT2D eigenvalue weighted by atomic mass is 9.85. The molecule has 5 N–H and O–H groups in total. The normalized spacial score (nSPS) is 13.1. The van der Waals surface area contributed by atoms with Gasteiger partial charge in [0.15, 0.2) is 11.7 Å². The highest BCUT2D eigenvalue weighted by molar-refractivity contribution is 5.88. The van der Waals surface area contributed by atoms with Crippen molar-refractivity contribution in [2.45, 2.75) is 39.7 Å². The van der Waals surface area contributed by atoms with Crippen LogP contribution in [0.2, 0.25) is 0 Å². The van der Waals surface area contributed by atoms with E-state index in [0.717, 1.165) is 6.42 Å². The second kappa shape index (κ2) is 6.48. The zero-order valence-corrected chi connectivity index (χ0v) is 10.7. The van der Waals surface area contributed by atoms with Gasteiger partial charge in [-0.2, -0.15) is 0 Å². The van der Waals surface area contributed by atoms with E-state index in [1.807, 2.05) is 20.8 Å². The molecule has 0 aromatic heterocycles. The van der Waals surface area contributed by atoms with Gasteiger partial charge in [0.1, 0.15) is 0 Å². The second-order valence-corrected chi connectivity index (χ2v) is 4.91. The molecule has 0 aliphatic carbocycles. The molecule has 0 aromatic carbocycles. The molecule has 0 aliphatic rings. The fraction of sp³-hybridized carbons (Fsp3) is 0.818. The zero-order chi connectivity index (χ0) is 12.8. The van der Waals surface area contributed by atoms with Gasteiger partial charge in [-0.15, -0.1) is 0 Å². The highest BCUT2D eigenvalue weighted by atomic mass is 16.1. The molecule has 0 aromatic rings. The van der Waals surface area contributed by atoms with E-state index in [4.69, 9.17) is 11.1 Å². The van der Waals surface area contributed by atoms with Crippen LogP contribution in [0.15, 0.2) is 0 Å². The first-order valence-corrected chi connectivity index (χ1v) is 5.59. The van der Waals surface area contributed by atoms with E-state index < -0.39 is 6.04 Å². The minimum Gasteiger partial charge on any atom is -0.360 e. The van der Waals surface area contributed by atoms with Crippen molar-refractivity contribution in [3.05, 3.63) is 0 Å². The Morgan fingerprint density at radius 2 is 2.00 bits per heavy atom. The van der Waals surface area contributed by atoms with Gasteiger partial charge in [-0.05, 0) is 12.8 Å². The zero-order valence-electron chi connectivity index (χ0n) is 10.7. The molecular weight excluding hydrogens is 204 g/mol. The molecule has 0 aliphatic heterocycles. The second-order valence-electron chi connectivity index (χ2n) is 4.91. The van der Waals surface area contributed by atoms with Gasteiger partial charge in [-0.3, -0.25) is 10.2 Å². The monoisotopic (exact) mass is 228 g/mol. The Morgan fingerprint density at radius 1 is 1.44 bits per heavy atom. The first-order chi connectivity index (χ1) is 7.29. The number of guanidine groups is 1. The third-order valence-electron chi connectivity index (χ3n) is 2.32. The van der Waals surface area contributed by atoms with Gasteiger partial charge < -0.3 is 16.4 Å². The summed E-state index contributed by atoms with van der Waals surface area (Å²) >= 11 is 0. The van der Waals surface area contributed by atoms with Crippen LogP contribution in [-0.2, 0) is 4.79 Å². The smallest absolute Gasteiger partial charge is 0.188 e. The van der Waals surface area contributed by atoms with E-state index in [1.54, 1.807) is 7.05 Å². The first kappa shape index (κ1) is 14.9. The van der Waals surface area contributed by atoms with Gasteiger partial charge >= 0.3 is 0 Å². The molecule has 0 radical (unpaired) electrons. The number of hydrogen-bond donors (Lipinski definition) is 4. The Balaban J connectivity index is 3.78. The molecule has 0 rings (SSSR count). The van der Waals surface area contributed by atoms with Crippen molar-refractivity contribution >= 4 is 11.7 Å². The fourth-order valence-electron chi connectivity index (χ4n) is 1.31. The standard InChI is InChI=1S/C11H24N4O/c1-11(2,3)9(16)8(12)6-5-7-15-10(13)14-4/h8H,5-7,12H2,1-4H3,(H3,13,14,15). The summed E-state index contributed by atoms with van der Waals surface area (Å²) in [7, 11) is 1.68. The van der Waals surface area contributed by atoms with Crippen molar-refractivity contribution in [1.29, 1.82) is 5.41 Å². The summed E-state index contributed by atoms with van der Waals surface area (Å²) in [6.45, 7) is 6.29. The van der Waals surface area contributed by atoms with Gasteiger partial charge in [0, 0.05) is 19.0 Å². The molecule has 1 atom stereocenters. The first-order valence-electron chi connectivity index (χ1n) is 5.59. The summed E-state index contributed by atoms with van der Waals surface area (Å²) in [5, 5.41) is 12.8. The Labute approximate surface area is 97.7 Å². The van der Waals surface area contributed by atoms with Crippen LogP contribution in [0.25, 0.3) is 0 Å². The minimum atomic E-state index is -0.398. The number of carbonyl (C=O) groups is 1. The molecule has 94 valence electrons. The van der Waals surface area contributed by atoms with Crippen molar-refractivity contribution in [1.82, 2.24) is 10.6 Å². The van der Waals surface area contributed by atoms with Crippen molar-refractivity contribution in [2.75, 3.05) is 13.6 Å². The average molecular weight is 228 g/mol. The number of ketones is 1. The van der Waals surface area contributed by atoms with E-state index in [1.165, 1.54) is 0 Å². The highest BCUT2D eigenvalue weighted by Crippen LogP contribution is 2.17. The van der Waals surface area contributed by atoms with Crippen molar-refractivity contribution in [3.8, 4) is 0 Å². The summed E-state index contributed by atoms with van der Waals surface area (Å²) in [4.78, 5) is 11.7. The lowest BCUT2D eigenvalue weighted by Gasteiger charge is -2.21. The minimum absolute atomic E-state index is 0.0937. The van der Waals surface area contributed by atoms with E-state index in [2.05, 4.69) is 10.6 Å². The molecule has 0 bridgehead atoms. The molecule has 0 heterocycles. The van der Waals surface area contributed by atoms with Gasteiger partial charge in [-0.1, -0.05) is 20.8 Å². The number of carbonyl (C=O) groups excluding carboxylic acids is 1. The van der Waals surface area contributed by atoms with Crippen molar-refractivity contribution in [3.63, 3.8) is 0 Å². The molecule has 0 saturated carbocycles. The van der Waals surface area contributed by atoms with E-state index in [0.29, 0.717) is 13.0 Å². The molecule has 0 amide bonds. The van der Waals surface area contributed by atoms with Gasteiger partial charge in [-0.25, -0.2) is 0 Å². The third-order valence-corrected chi connectivity index (χ3v) is 2.32. The van der Waals surface area contributed by atoms with Crippen LogP contribution >= 0.6 is 0 Å². The Morgan fingerprint density at radius 3 is 2.44 bits per heavy atom. The van der Waals surface area contributed by atoms with Crippen molar-refractivity contribution in [2.24, 2.45) is 11.1 Å². The number of rotatable bonds is 5. The van der Waals surface area contributed by atoms with Crippen LogP contribution in [0.4, 0.5) is 0 Å². The third kappa shape index (κ3) is 5.70.